The molecular formula is C6H16N2O2. The van der Waals surface area contributed by atoms with Gasteiger partial charge >= 0.3 is 0 Å². The van der Waals surface area contributed by atoms with Crippen LogP contribution in [0.25, 0.3) is 0 Å². The zero-order valence-corrected chi connectivity index (χ0v) is 6.20. The van der Waals surface area contributed by atoms with Crippen molar-refractivity contribution in [3.8, 4) is 0 Å². The van der Waals surface area contributed by atoms with E-state index in [4.69, 9.17) is 21.7 Å². The van der Waals surface area contributed by atoms with Crippen LogP contribution in [-0.4, -0.2) is 35.0 Å². The molecule has 0 aromatic heterocycles. The summed E-state index contributed by atoms with van der Waals surface area (Å²) < 4.78 is 0. The fourth-order valence-electron chi connectivity index (χ4n) is 0.666. The van der Waals surface area contributed by atoms with Crippen LogP contribution in [0.3, 0.4) is 0 Å². The molecule has 6 N–H and O–H groups in total. The molecule has 0 aliphatic heterocycles. The summed E-state index contributed by atoms with van der Waals surface area (Å²) in [5.41, 5.74) is 10.5. The van der Waals surface area contributed by atoms with Crippen LogP contribution in [0.2, 0.25) is 0 Å². The highest BCUT2D eigenvalue weighted by atomic mass is 16.3. The molecule has 0 saturated heterocycles. The van der Waals surface area contributed by atoms with Gasteiger partial charge in [0.2, 0.25) is 0 Å². The van der Waals surface area contributed by atoms with Crippen LogP contribution in [0.5, 0.6) is 0 Å². The fourth-order valence-corrected chi connectivity index (χ4v) is 0.666. The van der Waals surface area contributed by atoms with Gasteiger partial charge < -0.3 is 21.7 Å². The quantitative estimate of drug-likeness (QED) is 0.386. The van der Waals surface area contributed by atoms with Gasteiger partial charge in [0.05, 0.1) is 12.2 Å². The van der Waals surface area contributed by atoms with Crippen molar-refractivity contribution in [2.75, 3.05) is 6.54 Å². The Morgan fingerprint density at radius 3 is 2.20 bits per heavy atom. The fraction of sp³-hybridized carbons (Fsp3) is 1.00. The lowest BCUT2D eigenvalue weighted by Crippen LogP contribution is -2.47. The lowest BCUT2D eigenvalue weighted by Gasteiger charge is -2.21. The van der Waals surface area contributed by atoms with E-state index in [0.717, 1.165) is 0 Å². The smallest absolute Gasteiger partial charge is 0.0961 e. The lowest BCUT2D eigenvalue weighted by atomic mass is 10.1. The van der Waals surface area contributed by atoms with E-state index in [2.05, 4.69) is 0 Å². The second-order valence-electron chi connectivity index (χ2n) is 2.37. The van der Waals surface area contributed by atoms with E-state index >= 15 is 0 Å². The van der Waals surface area contributed by atoms with Gasteiger partial charge in [0, 0.05) is 12.6 Å². The summed E-state index contributed by atoms with van der Waals surface area (Å²) >= 11 is 0. The predicted octanol–water partition coefficient (Wildman–Crippen LogP) is -1.60. The van der Waals surface area contributed by atoms with Crippen LogP contribution in [0.15, 0.2) is 0 Å². The monoisotopic (exact) mass is 148 g/mol. The molecule has 0 amide bonds. The molecule has 3 atom stereocenters. The average Bonchev–Trinajstić information content (AvgIpc) is 2.00. The summed E-state index contributed by atoms with van der Waals surface area (Å²) in [7, 11) is 0. The number of aliphatic hydroxyl groups excluding tert-OH is 2. The second kappa shape index (κ2) is 4.62. The molecule has 0 fully saturated rings. The molecule has 0 aliphatic carbocycles. The molecule has 0 aliphatic rings. The molecule has 62 valence electrons. The topological polar surface area (TPSA) is 92.5 Å². The summed E-state index contributed by atoms with van der Waals surface area (Å²) in [6, 6.07) is -0.519. The van der Waals surface area contributed by atoms with Crippen LogP contribution in [0.1, 0.15) is 13.3 Å². The van der Waals surface area contributed by atoms with E-state index in [9.17, 15) is 0 Å². The van der Waals surface area contributed by atoms with Gasteiger partial charge in [-0.05, 0) is 6.42 Å². The van der Waals surface area contributed by atoms with E-state index < -0.39 is 18.2 Å². The van der Waals surface area contributed by atoms with Gasteiger partial charge in [-0.3, -0.25) is 0 Å². The maximum atomic E-state index is 9.13. The van der Waals surface area contributed by atoms with Crippen molar-refractivity contribution in [3.05, 3.63) is 0 Å². The van der Waals surface area contributed by atoms with E-state index in [-0.39, 0.29) is 6.54 Å². The first kappa shape index (κ1) is 9.84. The predicted molar refractivity (Wildman–Crippen MR) is 39.3 cm³/mol. The molecule has 0 radical (unpaired) electrons. The third-order valence-corrected chi connectivity index (χ3v) is 1.52. The Bertz CT molecular complexity index is 79.8. The molecule has 0 rings (SSSR count). The maximum absolute atomic E-state index is 9.13. The van der Waals surface area contributed by atoms with Gasteiger partial charge in [-0.25, -0.2) is 0 Å². The van der Waals surface area contributed by atoms with Crippen LogP contribution >= 0.6 is 0 Å². The van der Waals surface area contributed by atoms with Gasteiger partial charge in [0.1, 0.15) is 0 Å². The molecular weight excluding hydrogens is 132 g/mol. The largest absolute Gasteiger partial charge is 0.390 e. The summed E-state index contributed by atoms with van der Waals surface area (Å²) in [5, 5.41) is 18.2. The first-order valence-corrected chi connectivity index (χ1v) is 3.45. The first-order chi connectivity index (χ1) is 4.63. The molecule has 0 bridgehead atoms. The van der Waals surface area contributed by atoms with Crippen LogP contribution in [0, 0.1) is 0 Å². The van der Waals surface area contributed by atoms with E-state index in [1.165, 1.54) is 0 Å². The van der Waals surface area contributed by atoms with E-state index in [1.54, 1.807) is 6.92 Å². The molecule has 10 heavy (non-hydrogen) atoms. The Morgan fingerprint density at radius 2 is 1.90 bits per heavy atom. The van der Waals surface area contributed by atoms with Crippen molar-refractivity contribution in [1.82, 2.24) is 0 Å². The number of aliphatic hydroxyl groups is 2. The molecule has 0 spiro atoms. The zero-order valence-electron chi connectivity index (χ0n) is 6.20. The number of hydrogen-bond acceptors (Lipinski definition) is 4. The van der Waals surface area contributed by atoms with Crippen molar-refractivity contribution < 1.29 is 10.2 Å². The standard InChI is InChI=1S/C6H16N2O2/c1-2-5(9)6(10)4(8)3-7/h4-6,9-10H,2-3,7-8H2,1H3/t4?,5-,6?/m1/s1. The van der Waals surface area contributed by atoms with Crippen LogP contribution in [-0.2, 0) is 0 Å². The van der Waals surface area contributed by atoms with Gasteiger partial charge in [0.25, 0.3) is 0 Å². The Hall–Kier alpha value is -0.160. The van der Waals surface area contributed by atoms with Crippen LogP contribution in [0.4, 0.5) is 0 Å². The van der Waals surface area contributed by atoms with Crippen molar-refractivity contribution in [3.63, 3.8) is 0 Å². The van der Waals surface area contributed by atoms with Crippen molar-refractivity contribution >= 4 is 0 Å². The van der Waals surface area contributed by atoms with E-state index in [1.807, 2.05) is 0 Å². The summed E-state index contributed by atoms with van der Waals surface area (Å²) in [6.45, 7) is 1.97. The highest BCUT2D eigenvalue weighted by Crippen LogP contribution is 2.00. The molecule has 0 aromatic carbocycles. The van der Waals surface area contributed by atoms with Gasteiger partial charge in [-0.2, -0.15) is 0 Å². The normalized spacial score (nSPS) is 20.1. The minimum Gasteiger partial charge on any atom is -0.390 e. The molecule has 2 unspecified atom stereocenters. The minimum absolute atomic E-state index is 0.193. The van der Waals surface area contributed by atoms with Gasteiger partial charge in [-0.15, -0.1) is 0 Å². The highest BCUT2D eigenvalue weighted by molar-refractivity contribution is 4.77. The Morgan fingerprint density at radius 1 is 1.40 bits per heavy atom. The molecule has 4 nitrogen and oxygen atoms in total. The number of rotatable bonds is 4. The highest BCUT2D eigenvalue weighted by Gasteiger charge is 2.19. The Kier molecular flexibility index (Phi) is 4.55. The molecule has 0 saturated carbocycles. The Labute approximate surface area is 60.8 Å². The molecule has 4 heteroatoms. The second-order valence-corrected chi connectivity index (χ2v) is 2.37. The number of hydrogen-bond donors (Lipinski definition) is 4. The third-order valence-electron chi connectivity index (χ3n) is 1.52. The Balaban J connectivity index is 3.69. The SMILES string of the molecule is CC[C@@H](O)C(O)C(N)CN. The lowest BCUT2D eigenvalue weighted by molar-refractivity contribution is 0.00409. The average molecular weight is 148 g/mol. The maximum Gasteiger partial charge on any atom is 0.0961 e. The minimum atomic E-state index is -0.894. The third kappa shape index (κ3) is 2.62. The molecule has 0 aromatic rings. The first-order valence-electron chi connectivity index (χ1n) is 3.45. The van der Waals surface area contributed by atoms with E-state index in [0.29, 0.717) is 6.42 Å². The summed E-state index contributed by atoms with van der Waals surface area (Å²) in [4.78, 5) is 0. The van der Waals surface area contributed by atoms with Crippen molar-refractivity contribution in [2.45, 2.75) is 31.6 Å². The van der Waals surface area contributed by atoms with Gasteiger partial charge in [-0.1, -0.05) is 6.92 Å². The van der Waals surface area contributed by atoms with Gasteiger partial charge in [0.15, 0.2) is 0 Å². The van der Waals surface area contributed by atoms with Crippen molar-refractivity contribution in [1.29, 1.82) is 0 Å². The molecule has 0 heterocycles. The van der Waals surface area contributed by atoms with Crippen molar-refractivity contribution in [2.24, 2.45) is 11.5 Å². The summed E-state index contributed by atoms with van der Waals surface area (Å²) in [6.07, 6.45) is -1.15. The summed E-state index contributed by atoms with van der Waals surface area (Å²) in [5.74, 6) is 0. The van der Waals surface area contributed by atoms with Crippen LogP contribution < -0.4 is 11.5 Å². The number of nitrogens with two attached hydrogens (primary N) is 2. The zero-order chi connectivity index (χ0) is 8.15.